The van der Waals surface area contributed by atoms with Crippen molar-refractivity contribution in [2.24, 2.45) is 5.92 Å². The molecule has 0 aliphatic carbocycles. The number of aromatic nitrogens is 2. The third-order valence-corrected chi connectivity index (χ3v) is 6.47. The molecule has 3 heterocycles. The van der Waals surface area contributed by atoms with Gasteiger partial charge in [0.1, 0.15) is 11.6 Å². The third kappa shape index (κ3) is 4.72. The van der Waals surface area contributed by atoms with E-state index in [1.54, 1.807) is 6.07 Å². The number of nitrogens with zero attached hydrogens (tertiary/aromatic N) is 4. The van der Waals surface area contributed by atoms with Crippen LogP contribution < -0.4 is 10.2 Å². The number of benzene rings is 2. The van der Waals surface area contributed by atoms with Gasteiger partial charge < -0.3 is 25.0 Å². The van der Waals surface area contributed by atoms with Gasteiger partial charge in [0.2, 0.25) is 5.91 Å². The van der Waals surface area contributed by atoms with E-state index in [2.05, 4.69) is 20.4 Å². The maximum absolute atomic E-state index is 14.5. The Kier molecular flexibility index (Phi) is 6.29. The predicted octanol–water partition coefficient (Wildman–Crippen LogP) is 3.40. The second-order valence-electron chi connectivity index (χ2n) is 8.82. The van der Waals surface area contributed by atoms with Crippen molar-refractivity contribution < 1.29 is 32.2 Å². The summed E-state index contributed by atoms with van der Waals surface area (Å²) in [7, 11) is 0. The second kappa shape index (κ2) is 9.41. The molecule has 3 aromatic rings. The highest BCUT2D eigenvalue weighted by Crippen LogP contribution is 2.35. The lowest BCUT2D eigenvalue weighted by atomic mass is 10.1. The zero-order chi connectivity index (χ0) is 25.4. The van der Waals surface area contributed by atoms with Gasteiger partial charge in [-0.1, -0.05) is 0 Å². The van der Waals surface area contributed by atoms with Crippen LogP contribution in [0, 0.1) is 11.7 Å². The monoisotopic (exact) mass is 505 g/mol. The first kappa shape index (κ1) is 24.0. The van der Waals surface area contributed by atoms with E-state index < -0.39 is 23.3 Å². The Balaban J connectivity index is 1.33. The van der Waals surface area contributed by atoms with Gasteiger partial charge in [0.05, 0.1) is 42.1 Å². The topological polar surface area (TPSA) is 90.8 Å². The number of alkyl halides is 3. The number of halogens is 4. The fourth-order valence-electron chi connectivity index (χ4n) is 4.40. The number of carbonyl (C=O) groups is 1. The molecule has 0 unspecified atom stereocenters. The van der Waals surface area contributed by atoms with Crippen LogP contribution in [-0.4, -0.2) is 65.5 Å². The summed E-state index contributed by atoms with van der Waals surface area (Å²) in [6, 6.07) is 6.87. The fraction of sp³-hybridized carbons (Fsp3) is 0.375. The van der Waals surface area contributed by atoms with Crippen LogP contribution in [0.2, 0.25) is 0 Å². The van der Waals surface area contributed by atoms with Crippen molar-refractivity contribution in [3.05, 3.63) is 53.5 Å². The molecule has 12 heteroatoms. The molecule has 0 bridgehead atoms. The molecule has 36 heavy (non-hydrogen) atoms. The van der Waals surface area contributed by atoms with Crippen LogP contribution in [-0.2, 0) is 22.3 Å². The first-order valence-electron chi connectivity index (χ1n) is 11.4. The van der Waals surface area contributed by atoms with Crippen LogP contribution in [0.25, 0.3) is 10.9 Å². The molecule has 2 aromatic carbocycles. The highest BCUT2D eigenvalue weighted by Gasteiger charge is 2.36. The number of fused-ring (bicyclic) bond motifs is 1. The van der Waals surface area contributed by atoms with Crippen molar-refractivity contribution in [3.8, 4) is 5.75 Å². The average molecular weight is 505 g/mol. The summed E-state index contributed by atoms with van der Waals surface area (Å²) >= 11 is 0. The van der Waals surface area contributed by atoms with Crippen molar-refractivity contribution in [2.45, 2.75) is 12.7 Å². The van der Waals surface area contributed by atoms with Gasteiger partial charge in [0, 0.05) is 49.4 Å². The highest BCUT2D eigenvalue weighted by atomic mass is 19.4. The van der Waals surface area contributed by atoms with Crippen LogP contribution in [0.3, 0.4) is 0 Å². The first-order chi connectivity index (χ1) is 17.2. The van der Waals surface area contributed by atoms with Crippen molar-refractivity contribution in [3.63, 3.8) is 0 Å². The van der Waals surface area contributed by atoms with Crippen molar-refractivity contribution >= 4 is 28.2 Å². The molecule has 2 N–H and O–H groups in total. The fourth-order valence-corrected chi connectivity index (χ4v) is 4.40. The average Bonchev–Trinajstić information content (AvgIpc) is 2.82. The van der Waals surface area contributed by atoms with Gasteiger partial charge in [-0.15, -0.1) is 0 Å². The van der Waals surface area contributed by atoms with Crippen molar-refractivity contribution in [1.82, 2.24) is 15.1 Å². The molecule has 2 fully saturated rings. The van der Waals surface area contributed by atoms with E-state index in [0.29, 0.717) is 62.0 Å². The van der Waals surface area contributed by atoms with E-state index in [-0.39, 0.29) is 23.9 Å². The summed E-state index contributed by atoms with van der Waals surface area (Å²) in [4.78, 5) is 16.4. The van der Waals surface area contributed by atoms with Gasteiger partial charge in [-0.05, 0) is 30.3 Å². The molecule has 0 radical (unpaired) electrons. The molecule has 8 nitrogen and oxygen atoms in total. The number of aromatic hydroxyl groups is 1. The number of rotatable bonds is 5. The lowest BCUT2D eigenvalue weighted by Crippen LogP contribution is -2.53. The van der Waals surface area contributed by atoms with Crippen LogP contribution in [0.5, 0.6) is 5.75 Å². The molecular weight excluding hydrogens is 482 g/mol. The van der Waals surface area contributed by atoms with E-state index in [9.17, 15) is 27.5 Å². The van der Waals surface area contributed by atoms with Crippen molar-refractivity contribution in [2.75, 3.05) is 49.6 Å². The van der Waals surface area contributed by atoms with E-state index in [0.717, 1.165) is 11.8 Å². The Morgan fingerprint density at radius 1 is 1.14 bits per heavy atom. The predicted molar refractivity (Wildman–Crippen MR) is 123 cm³/mol. The maximum atomic E-state index is 14.5. The van der Waals surface area contributed by atoms with Crippen molar-refractivity contribution in [1.29, 1.82) is 0 Å². The minimum atomic E-state index is -4.93. The molecule has 190 valence electrons. The molecule has 0 spiro atoms. The molecule has 0 atom stereocenters. The number of carbonyl (C=O) groups excluding carboxylic acids is 1. The maximum Gasteiger partial charge on any atom is 0.419 e. The summed E-state index contributed by atoms with van der Waals surface area (Å²) in [5, 5.41) is 21.3. The Bertz CT molecular complexity index is 1290. The van der Waals surface area contributed by atoms with E-state index in [1.165, 1.54) is 6.20 Å². The zero-order valence-electron chi connectivity index (χ0n) is 19.1. The SMILES string of the molecule is O=C(C1COC1)N1CCN(c2ccc3nncc(NCc4cc(O)cc(C(F)(F)F)c4F)c3c2)CC1. The van der Waals surface area contributed by atoms with Gasteiger partial charge in [-0.3, -0.25) is 4.79 Å². The molecular formula is C24H23F4N5O3. The Hall–Kier alpha value is -3.67. The number of nitrogens with one attached hydrogen (secondary N) is 1. The number of ether oxygens (including phenoxy) is 1. The molecule has 1 amide bonds. The summed E-state index contributed by atoms with van der Waals surface area (Å²) in [5.74, 6) is -2.05. The van der Waals surface area contributed by atoms with Gasteiger partial charge in [-0.25, -0.2) is 4.39 Å². The van der Waals surface area contributed by atoms with E-state index in [4.69, 9.17) is 4.74 Å². The van der Waals surface area contributed by atoms with Crippen LogP contribution >= 0.6 is 0 Å². The molecule has 2 aliphatic heterocycles. The summed E-state index contributed by atoms with van der Waals surface area (Å²) in [6.07, 6.45) is -3.52. The summed E-state index contributed by atoms with van der Waals surface area (Å²) in [6.45, 7) is 3.10. The third-order valence-electron chi connectivity index (χ3n) is 6.47. The Labute approximate surface area is 203 Å². The minimum absolute atomic E-state index is 0.0481. The quantitative estimate of drug-likeness (QED) is 0.514. The normalized spacial score (nSPS) is 16.8. The number of anilines is 2. The molecule has 5 rings (SSSR count). The van der Waals surface area contributed by atoms with E-state index in [1.807, 2.05) is 17.0 Å². The minimum Gasteiger partial charge on any atom is -0.508 e. The number of phenolic OH excluding ortho intramolecular Hbond substituents is 1. The Morgan fingerprint density at radius 3 is 2.56 bits per heavy atom. The molecule has 2 saturated heterocycles. The summed E-state index contributed by atoms with van der Waals surface area (Å²) < 4.78 is 58.9. The first-order valence-corrected chi connectivity index (χ1v) is 11.4. The Morgan fingerprint density at radius 2 is 1.89 bits per heavy atom. The standard InChI is InChI=1S/C24H23F4N5O3/c25-22-14(7-17(34)9-19(22)24(26,27)28)10-29-21-11-30-31-20-2-1-16(8-18(20)21)32-3-5-33(6-4-32)23(35)15-12-36-13-15/h1-2,7-9,11,15,34H,3-6,10,12-13H2,(H,29,31). The summed E-state index contributed by atoms with van der Waals surface area (Å²) in [5.41, 5.74) is 0.0372. The number of piperazine rings is 1. The lowest BCUT2D eigenvalue weighted by Gasteiger charge is -2.39. The van der Waals surface area contributed by atoms with Gasteiger partial charge in [0.15, 0.2) is 0 Å². The van der Waals surface area contributed by atoms with Gasteiger partial charge in [0.25, 0.3) is 0 Å². The number of amides is 1. The smallest absolute Gasteiger partial charge is 0.419 e. The van der Waals surface area contributed by atoms with Gasteiger partial charge in [-0.2, -0.15) is 23.4 Å². The molecule has 0 saturated carbocycles. The largest absolute Gasteiger partial charge is 0.508 e. The van der Waals surface area contributed by atoms with Crippen LogP contribution in [0.15, 0.2) is 36.5 Å². The van der Waals surface area contributed by atoms with Gasteiger partial charge >= 0.3 is 6.18 Å². The second-order valence-corrected chi connectivity index (χ2v) is 8.82. The van der Waals surface area contributed by atoms with E-state index >= 15 is 0 Å². The molecule has 2 aliphatic rings. The molecule has 1 aromatic heterocycles. The van der Waals surface area contributed by atoms with Crippen LogP contribution in [0.4, 0.5) is 28.9 Å². The zero-order valence-corrected chi connectivity index (χ0v) is 19.1. The number of hydrogen-bond donors (Lipinski definition) is 2. The van der Waals surface area contributed by atoms with Crippen LogP contribution in [0.1, 0.15) is 11.1 Å². The number of phenols is 1. The lowest BCUT2D eigenvalue weighted by molar-refractivity contribution is -0.150. The number of hydrogen-bond acceptors (Lipinski definition) is 7. The highest BCUT2D eigenvalue weighted by molar-refractivity contribution is 5.93.